The molecule has 0 unspecified atom stereocenters. The minimum Gasteiger partial charge on any atom is -0.465 e. The maximum atomic E-state index is 12.7. The highest BCUT2D eigenvalue weighted by Gasteiger charge is 2.22. The third-order valence-corrected chi connectivity index (χ3v) is 5.64. The van der Waals surface area contributed by atoms with Crippen molar-refractivity contribution in [3.05, 3.63) is 64.2 Å². The van der Waals surface area contributed by atoms with Crippen molar-refractivity contribution in [3.63, 3.8) is 0 Å². The minimum absolute atomic E-state index is 0.00965. The molecule has 2 rings (SSSR count). The Labute approximate surface area is 153 Å². The predicted octanol–water partition coefficient (Wildman–Crippen LogP) is 3.86. The van der Waals surface area contributed by atoms with Crippen LogP contribution in [0.5, 0.6) is 0 Å². The number of hydrogen-bond acceptors (Lipinski definition) is 4. The first kappa shape index (κ1) is 19.4. The van der Waals surface area contributed by atoms with Gasteiger partial charge in [0.2, 0.25) is 10.0 Å². The van der Waals surface area contributed by atoms with E-state index in [0.717, 1.165) is 11.1 Å². The van der Waals surface area contributed by atoms with Gasteiger partial charge in [-0.2, -0.15) is 0 Å². The number of esters is 1. The molecule has 0 bridgehead atoms. The Bertz CT molecular complexity index is 863. The lowest BCUT2D eigenvalue weighted by molar-refractivity contribution is 0.0600. The van der Waals surface area contributed by atoms with Crippen LogP contribution in [-0.2, 0) is 14.8 Å². The van der Waals surface area contributed by atoms with E-state index in [9.17, 15) is 13.2 Å². The molecule has 0 saturated carbocycles. The van der Waals surface area contributed by atoms with Gasteiger partial charge in [-0.1, -0.05) is 48.4 Å². The molecule has 0 aromatic heterocycles. The van der Waals surface area contributed by atoms with Crippen LogP contribution in [0.25, 0.3) is 0 Å². The van der Waals surface area contributed by atoms with Gasteiger partial charge in [-0.25, -0.2) is 17.9 Å². The van der Waals surface area contributed by atoms with Gasteiger partial charge < -0.3 is 4.74 Å². The van der Waals surface area contributed by atoms with Crippen molar-refractivity contribution in [1.82, 2.24) is 4.72 Å². The lowest BCUT2D eigenvalue weighted by Crippen LogP contribution is -2.28. The Balaban J connectivity index is 2.34. The fourth-order valence-electron chi connectivity index (χ4n) is 2.38. The van der Waals surface area contributed by atoms with Crippen molar-refractivity contribution in [2.24, 2.45) is 0 Å². The number of carbonyl (C=O) groups is 1. The van der Waals surface area contributed by atoms with Gasteiger partial charge >= 0.3 is 5.97 Å². The normalized spacial score (nSPS) is 12.6. The van der Waals surface area contributed by atoms with Crippen LogP contribution in [0, 0.1) is 6.92 Å². The van der Waals surface area contributed by atoms with E-state index < -0.39 is 16.0 Å². The SMILES string of the molecule is CC[C@H](NS(=O)(=O)c1ccc(Cl)c(C(=O)OC)c1)c1ccc(C)cc1. The largest absolute Gasteiger partial charge is 0.465 e. The Morgan fingerprint density at radius 3 is 2.40 bits per heavy atom. The average Bonchev–Trinajstić information content (AvgIpc) is 2.60. The molecule has 0 aliphatic carbocycles. The van der Waals surface area contributed by atoms with E-state index in [4.69, 9.17) is 11.6 Å². The van der Waals surface area contributed by atoms with E-state index in [1.807, 2.05) is 38.1 Å². The molecule has 2 aromatic carbocycles. The predicted molar refractivity (Wildman–Crippen MR) is 97.3 cm³/mol. The molecule has 0 aliphatic heterocycles. The summed E-state index contributed by atoms with van der Waals surface area (Å²) in [5, 5.41) is 0.136. The van der Waals surface area contributed by atoms with Crippen LogP contribution in [-0.4, -0.2) is 21.5 Å². The summed E-state index contributed by atoms with van der Waals surface area (Å²) >= 11 is 5.95. The van der Waals surface area contributed by atoms with Crippen molar-refractivity contribution in [3.8, 4) is 0 Å². The van der Waals surface area contributed by atoms with Crippen molar-refractivity contribution in [2.45, 2.75) is 31.2 Å². The molecule has 0 saturated heterocycles. The number of ether oxygens (including phenoxy) is 1. The van der Waals surface area contributed by atoms with E-state index in [1.54, 1.807) is 0 Å². The van der Waals surface area contributed by atoms with Gasteiger partial charge in [0.15, 0.2) is 0 Å². The van der Waals surface area contributed by atoms with Gasteiger partial charge in [0.05, 0.1) is 22.6 Å². The van der Waals surface area contributed by atoms with Crippen LogP contribution in [0.3, 0.4) is 0 Å². The molecule has 134 valence electrons. The molecule has 1 atom stereocenters. The van der Waals surface area contributed by atoms with Gasteiger partial charge in [0.1, 0.15) is 0 Å². The maximum Gasteiger partial charge on any atom is 0.339 e. The van der Waals surface area contributed by atoms with Crippen LogP contribution < -0.4 is 4.72 Å². The maximum absolute atomic E-state index is 12.7. The number of rotatable bonds is 6. The molecular formula is C18H20ClNO4S. The van der Waals surface area contributed by atoms with Crippen LogP contribution in [0.2, 0.25) is 5.02 Å². The van der Waals surface area contributed by atoms with Gasteiger partial charge in [-0.3, -0.25) is 0 Å². The molecule has 2 aromatic rings. The van der Waals surface area contributed by atoms with Crippen molar-refractivity contribution < 1.29 is 17.9 Å². The molecule has 0 spiro atoms. The highest BCUT2D eigenvalue weighted by Crippen LogP contribution is 2.24. The second kappa shape index (κ2) is 7.99. The van der Waals surface area contributed by atoms with Gasteiger partial charge in [0.25, 0.3) is 0 Å². The topological polar surface area (TPSA) is 72.5 Å². The number of methoxy groups -OCH3 is 1. The number of sulfonamides is 1. The smallest absolute Gasteiger partial charge is 0.339 e. The molecule has 0 fully saturated rings. The molecular weight excluding hydrogens is 362 g/mol. The first-order chi connectivity index (χ1) is 11.8. The molecule has 25 heavy (non-hydrogen) atoms. The summed E-state index contributed by atoms with van der Waals surface area (Å²) in [6.45, 7) is 3.87. The molecule has 0 heterocycles. The second-order valence-corrected chi connectivity index (χ2v) is 7.75. The number of aryl methyl sites for hydroxylation is 1. The zero-order chi connectivity index (χ0) is 18.6. The molecule has 0 aliphatic rings. The fourth-order valence-corrected chi connectivity index (χ4v) is 3.91. The van der Waals surface area contributed by atoms with Crippen LogP contribution in [0.1, 0.15) is 40.9 Å². The highest BCUT2D eigenvalue weighted by atomic mass is 35.5. The molecule has 5 nitrogen and oxygen atoms in total. The molecule has 7 heteroatoms. The van der Waals surface area contributed by atoms with Gasteiger partial charge in [-0.15, -0.1) is 0 Å². The molecule has 1 N–H and O–H groups in total. The van der Waals surface area contributed by atoms with E-state index in [-0.39, 0.29) is 21.5 Å². The number of halogens is 1. The zero-order valence-corrected chi connectivity index (χ0v) is 15.8. The summed E-state index contributed by atoms with van der Waals surface area (Å²) < 4.78 is 32.7. The third-order valence-electron chi connectivity index (χ3n) is 3.84. The average molecular weight is 382 g/mol. The minimum atomic E-state index is -3.83. The Morgan fingerprint density at radius 1 is 1.20 bits per heavy atom. The lowest BCUT2D eigenvalue weighted by Gasteiger charge is -2.18. The quantitative estimate of drug-likeness (QED) is 0.771. The van der Waals surface area contributed by atoms with Crippen molar-refractivity contribution in [1.29, 1.82) is 0 Å². The van der Waals surface area contributed by atoms with E-state index >= 15 is 0 Å². The Hall–Kier alpha value is -1.89. The molecule has 0 amide bonds. The lowest BCUT2D eigenvalue weighted by atomic mass is 10.0. The Kier molecular flexibility index (Phi) is 6.21. The van der Waals surface area contributed by atoms with Crippen LogP contribution >= 0.6 is 11.6 Å². The van der Waals surface area contributed by atoms with Crippen molar-refractivity contribution >= 4 is 27.6 Å². The monoisotopic (exact) mass is 381 g/mol. The first-order valence-electron chi connectivity index (χ1n) is 7.75. The van der Waals surface area contributed by atoms with E-state index in [2.05, 4.69) is 9.46 Å². The second-order valence-electron chi connectivity index (χ2n) is 5.63. The van der Waals surface area contributed by atoms with E-state index in [0.29, 0.717) is 6.42 Å². The summed E-state index contributed by atoms with van der Waals surface area (Å²) in [4.78, 5) is 11.7. The number of carbonyl (C=O) groups excluding carboxylic acids is 1. The van der Waals surface area contributed by atoms with Crippen molar-refractivity contribution in [2.75, 3.05) is 7.11 Å². The zero-order valence-electron chi connectivity index (χ0n) is 14.2. The van der Waals surface area contributed by atoms with E-state index in [1.165, 1.54) is 25.3 Å². The number of benzene rings is 2. The number of hydrogen-bond donors (Lipinski definition) is 1. The summed E-state index contributed by atoms with van der Waals surface area (Å²) in [5.41, 5.74) is 1.98. The Morgan fingerprint density at radius 2 is 1.84 bits per heavy atom. The standard InChI is InChI=1S/C18H20ClNO4S/c1-4-17(13-7-5-12(2)6-8-13)20-25(22,23)14-9-10-16(19)15(11-14)18(21)24-3/h5-11,17,20H,4H2,1-3H3/t17-/m0/s1. The summed E-state index contributed by atoms with van der Waals surface area (Å²) in [7, 11) is -2.62. The van der Waals surface area contributed by atoms with Crippen LogP contribution in [0.4, 0.5) is 0 Å². The third kappa shape index (κ3) is 4.60. The summed E-state index contributed by atoms with van der Waals surface area (Å²) in [6.07, 6.45) is 0.583. The van der Waals surface area contributed by atoms with Gasteiger partial charge in [-0.05, 0) is 37.1 Å². The first-order valence-corrected chi connectivity index (χ1v) is 9.61. The number of nitrogens with one attached hydrogen (secondary N) is 1. The summed E-state index contributed by atoms with van der Waals surface area (Å²) in [6, 6.07) is 11.2. The summed E-state index contributed by atoms with van der Waals surface area (Å²) in [5.74, 6) is -0.687. The van der Waals surface area contributed by atoms with Crippen LogP contribution in [0.15, 0.2) is 47.4 Å². The van der Waals surface area contributed by atoms with Gasteiger partial charge in [0, 0.05) is 6.04 Å². The molecule has 0 radical (unpaired) electrons. The highest BCUT2D eigenvalue weighted by molar-refractivity contribution is 7.89. The fraction of sp³-hybridized carbons (Fsp3) is 0.278.